The smallest absolute Gasteiger partial charge is 0.328 e. The van der Waals surface area contributed by atoms with Gasteiger partial charge < -0.3 is 19.9 Å². The molecular formula is C41H49N5O4S. The second-order valence-corrected chi connectivity index (χ2v) is 14.1. The summed E-state index contributed by atoms with van der Waals surface area (Å²) in [6, 6.07) is 28.0. The molecule has 5 rings (SSSR count). The van der Waals surface area contributed by atoms with Crippen molar-refractivity contribution in [2.75, 3.05) is 32.2 Å². The van der Waals surface area contributed by atoms with Crippen LogP contribution in [0.25, 0.3) is 21.5 Å². The van der Waals surface area contributed by atoms with Crippen molar-refractivity contribution in [1.82, 2.24) is 25.1 Å². The summed E-state index contributed by atoms with van der Waals surface area (Å²) in [6.07, 6.45) is 7.00. The maximum absolute atomic E-state index is 13.7. The van der Waals surface area contributed by atoms with Crippen LogP contribution in [0, 0.1) is 5.92 Å². The predicted octanol–water partition coefficient (Wildman–Crippen LogP) is 6.22. The fourth-order valence-corrected chi connectivity index (χ4v) is 7.00. The van der Waals surface area contributed by atoms with Crippen molar-refractivity contribution in [3.05, 3.63) is 114 Å². The number of ether oxygens (including phenoxy) is 1. The van der Waals surface area contributed by atoms with Gasteiger partial charge in [0.05, 0.1) is 26.4 Å². The Morgan fingerprint density at radius 1 is 0.882 bits per heavy atom. The average molecular weight is 708 g/mol. The van der Waals surface area contributed by atoms with Crippen molar-refractivity contribution in [2.45, 2.75) is 58.3 Å². The highest BCUT2D eigenvalue weighted by Gasteiger charge is 2.26. The van der Waals surface area contributed by atoms with Crippen molar-refractivity contribution in [3.63, 3.8) is 0 Å². The van der Waals surface area contributed by atoms with E-state index in [1.807, 2.05) is 41.2 Å². The van der Waals surface area contributed by atoms with Crippen LogP contribution in [0.4, 0.5) is 0 Å². The van der Waals surface area contributed by atoms with Gasteiger partial charge in [0.2, 0.25) is 11.8 Å². The van der Waals surface area contributed by atoms with Gasteiger partial charge in [-0.15, -0.1) is 0 Å². The number of thioether (sulfide) groups is 1. The lowest BCUT2D eigenvalue weighted by Crippen LogP contribution is -2.51. The Labute approximate surface area is 305 Å². The Hall–Kier alpha value is -4.67. The molecule has 0 bridgehead atoms. The van der Waals surface area contributed by atoms with Crippen LogP contribution < -0.4 is 10.6 Å². The van der Waals surface area contributed by atoms with Crippen molar-refractivity contribution in [1.29, 1.82) is 0 Å². The number of esters is 1. The lowest BCUT2D eigenvalue weighted by Gasteiger charge is -2.32. The average Bonchev–Trinajstić information content (AvgIpc) is 3.58. The van der Waals surface area contributed by atoms with Gasteiger partial charge in [-0.2, -0.15) is 11.8 Å². The van der Waals surface area contributed by atoms with E-state index < -0.39 is 12.0 Å². The number of fused-ring (bicyclic) bond motifs is 2. The topological polar surface area (TPSA) is 106 Å². The highest BCUT2D eigenvalue weighted by Crippen LogP contribution is 2.22. The van der Waals surface area contributed by atoms with Gasteiger partial charge in [0.15, 0.2) is 0 Å². The molecule has 1 unspecified atom stereocenters. The third kappa shape index (κ3) is 10.2. The third-order valence-corrected chi connectivity index (χ3v) is 10.2. The zero-order valence-electron chi connectivity index (χ0n) is 30.0. The Kier molecular flexibility index (Phi) is 13.7. The number of rotatable bonds is 18. The quantitative estimate of drug-likeness (QED) is 0.104. The summed E-state index contributed by atoms with van der Waals surface area (Å²) < 4.78 is 7.02. The molecule has 51 heavy (non-hydrogen) atoms. The zero-order chi connectivity index (χ0) is 36.2. The van der Waals surface area contributed by atoms with Crippen LogP contribution in [0.2, 0.25) is 0 Å². The fraction of sp³-hybridized carbons (Fsp3) is 0.366. The van der Waals surface area contributed by atoms with Crippen molar-refractivity contribution in [3.8, 4) is 0 Å². The molecule has 0 aliphatic rings. The molecule has 0 saturated heterocycles. The first kappa shape index (κ1) is 37.6. The van der Waals surface area contributed by atoms with E-state index in [-0.39, 0.29) is 36.7 Å². The summed E-state index contributed by atoms with van der Waals surface area (Å²) in [7, 11) is 1.34. The summed E-state index contributed by atoms with van der Waals surface area (Å²) in [5.74, 6) is 0.0260. The molecule has 9 nitrogen and oxygen atoms in total. The lowest BCUT2D eigenvalue weighted by molar-refractivity contribution is -0.145. The van der Waals surface area contributed by atoms with E-state index in [2.05, 4.69) is 89.0 Å². The van der Waals surface area contributed by atoms with Crippen LogP contribution in [0.15, 0.2) is 97.5 Å². The van der Waals surface area contributed by atoms with Crippen LogP contribution in [0.3, 0.4) is 0 Å². The normalized spacial score (nSPS) is 13.2. The summed E-state index contributed by atoms with van der Waals surface area (Å²) in [5.41, 5.74) is 3.07. The number of methoxy groups -OCH3 is 1. The standard InChI is InChI=1S/C41H49N5O4S/c1-5-29(2)38(44-39(47)22-34-23-42-28-46(34)25-33-17-11-15-31-13-7-9-19-36(31)33)26-45(24-32-16-10-14-30-12-6-8-18-35(30)32)27-40(48)43-37(20-21-51-4)41(49)50-3/h6-19,23,28-29,37-38H,5,20-22,24-27H2,1-4H3,(H,43,48)(H,44,47)/t29?,37-,38+/m0/s1. The molecule has 3 atom stereocenters. The SMILES string of the molecule is CCC(C)[C@@H](CN(CC(=O)N[C@@H](CCSC)C(=O)OC)Cc1cccc2ccccc12)NC(=O)Cc1cncn1Cc1cccc2ccccc12. The number of hydrogen-bond donors (Lipinski definition) is 2. The second kappa shape index (κ2) is 18.5. The molecule has 0 aliphatic carbocycles. The number of nitrogens with zero attached hydrogens (tertiary/aromatic N) is 3. The summed E-state index contributed by atoms with van der Waals surface area (Å²) >= 11 is 1.61. The Bertz CT molecular complexity index is 1920. The summed E-state index contributed by atoms with van der Waals surface area (Å²) in [6.45, 7) is 5.83. The highest BCUT2D eigenvalue weighted by molar-refractivity contribution is 7.98. The Morgan fingerprint density at radius 2 is 1.53 bits per heavy atom. The van der Waals surface area contributed by atoms with E-state index >= 15 is 0 Å². The van der Waals surface area contributed by atoms with E-state index in [9.17, 15) is 14.4 Å². The minimum atomic E-state index is -0.724. The minimum Gasteiger partial charge on any atom is -0.467 e. The first-order valence-corrected chi connectivity index (χ1v) is 19.0. The largest absolute Gasteiger partial charge is 0.467 e. The highest BCUT2D eigenvalue weighted by atomic mass is 32.2. The van der Waals surface area contributed by atoms with E-state index in [1.54, 1.807) is 24.3 Å². The monoisotopic (exact) mass is 707 g/mol. The van der Waals surface area contributed by atoms with Gasteiger partial charge in [-0.25, -0.2) is 9.78 Å². The van der Waals surface area contributed by atoms with E-state index in [1.165, 1.54) is 17.9 Å². The van der Waals surface area contributed by atoms with Gasteiger partial charge in [-0.05, 0) is 57.0 Å². The molecule has 0 radical (unpaired) electrons. The first-order chi connectivity index (χ1) is 24.8. The third-order valence-electron chi connectivity index (χ3n) is 9.57. The molecule has 2 N–H and O–H groups in total. The van der Waals surface area contributed by atoms with E-state index in [4.69, 9.17) is 4.74 Å². The maximum Gasteiger partial charge on any atom is 0.328 e. The van der Waals surface area contributed by atoms with E-state index in [0.717, 1.165) is 34.0 Å². The molecule has 10 heteroatoms. The summed E-state index contributed by atoms with van der Waals surface area (Å²) in [5, 5.41) is 10.8. The molecule has 1 heterocycles. The number of carbonyl (C=O) groups excluding carboxylic acids is 3. The summed E-state index contributed by atoms with van der Waals surface area (Å²) in [4.78, 5) is 46.3. The molecule has 4 aromatic carbocycles. The number of imidazole rings is 1. The van der Waals surface area contributed by atoms with Gasteiger partial charge >= 0.3 is 5.97 Å². The Morgan fingerprint density at radius 3 is 2.20 bits per heavy atom. The van der Waals surface area contributed by atoms with Crippen molar-refractivity contribution < 1.29 is 19.1 Å². The molecule has 1 aromatic heterocycles. The zero-order valence-corrected chi connectivity index (χ0v) is 30.8. The fourth-order valence-electron chi connectivity index (χ4n) is 6.53. The van der Waals surface area contributed by atoms with Gasteiger partial charge in [-0.1, -0.05) is 105 Å². The number of benzene rings is 4. The van der Waals surface area contributed by atoms with Crippen LogP contribution in [-0.2, 0) is 38.6 Å². The van der Waals surface area contributed by atoms with Crippen molar-refractivity contribution >= 4 is 51.1 Å². The Balaban J connectivity index is 1.34. The number of nitrogens with one attached hydrogen (secondary N) is 2. The van der Waals surface area contributed by atoms with Crippen LogP contribution in [0.5, 0.6) is 0 Å². The predicted molar refractivity (Wildman–Crippen MR) is 207 cm³/mol. The van der Waals surface area contributed by atoms with E-state index in [0.29, 0.717) is 31.8 Å². The lowest BCUT2D eigenvalue weighted by atomic mass is 9.97. The first-order valence-electron chi connectivity index (χ1n) is 17.6. The molecule has 0 spiro atoms. The maximum atomic E-state index is 13.7. The van der Waals surface area contributed by atoms with Gasteiger partial charge in [0.1, 0.15) is 6.04 Å². The second-order valence-electron chi connectivity index (χ2n) is 13.1. The van der Waals surface area contributed by atoms with Crippen LogP contribution in [-0.4, -0.2) is 76.5 Å². The molecule has 5 aromatic rings. The molecule has 0 aliphatic heterocycles. The number of carbonyl (C=O) groups is 3. The van der Waals surface area contributed by atoms with Crippen LogP contribution >= 0.6 is 11.8 Å². The molecule has 0 saturated carbocycles. The number of hydrogen-bond acceptors (Lipinski definition) is 7. The van der Waals surface area contributed by atoms with Gasteiger partial charge in [0, 0.05) is 37.6 Å². The number of aromatic nitrogens is 2. The number of amides is 2. The molecule has 2 amide bonds. The molecular weight excluding hydrogens is 659 g/mol. The van der Waals surface area contributed by atoms with Crippen LogP contribution in [0.1, 0.15) is 43.5 Å². The van der Waals surface area contributed by atoms with Crippen molar-refractivity contribution in [2.24, 2.45) is 5.92 Å². The minimum absolute atomic E-state index is 0.0522. The molecule has 0 fully saturated rings. The molecule has 268 valence electrons. The van der Waals surface area contributed by atoms with Gasteiger partial charge in [0.25, 0.3) is 0 Å². The van der Waals surface area contributed by atoms with Gasteiger partial charge in [-0.3, -0.25) is 14.5 Å².